The van der Waals surface area contributed by atoms with Gasteiger partial charge < -0.3 is 54.8 Å². The van der Waals surface area contributed by atoms with Crippen LogP contribution in [0.4, 0.5) is 0 Å². The van der Waals surface area contributed by atoms with Gasteiger partial charge >= 0.3 is 11.9 Å². The maximum absolute atomic E-state index is 12.9. The van der Waals surface area contributed by atoms with Gasteiger partial charge in [-0.3, -0.25) is 33.8 Å². The van der Waals surface area contributed by atoms with Crippen LogP contribution in [0.3, 0.4) is 0 Å². The zero-order valence-corrected chi connectivity index (χ0v) is 20.6. The molecule has 15 N–H and O–H groups in total. The molecule has 0 radical (unpaired) electrons. The van der Waals surface area contributed by atoms with E-state index < -0.39 is 72.1 Å². The number of hydrogen-bond donors (Lipinski definition) is 10. The normalized spacial score (nSPS) is 13.6. The molecule has 214 valence electrons. The van der Waals surface area contributed by atoms with Crippen LogP contribution in [0.25, 0.3) is 0 Å². The summed E-state index contributed by atoms with van der Waals surface area (Å²) in [6.45, 7) is 0.0923. The molecule has 4 unspecified atom stereocenters. The van der Waals surface area contributed by atoms with Crippen LogP contribution in [-0.2, 0) is 33.6 Å². The van der Waals surface area contributed by atoms with E-state index in [2.05, 4.69) is 20.9 Å². The van der Waals surface area contributed by atoms with Crippen molar-refractivity contribution in [1.82, 2.24) is 16.0 Å². The van der Waals surface area contributed by atoms with Crippen LogP contribution in [-0.4, -0.2) is 88.4 Å². The summed E-state index contributed by atoms with van der Waals surface area (Å²) in [5.41, 5.74) is 26.1. The zero-order valence-electron chi connectivity index (χ0n) is 20.6. The van der Waals surface area contributed by atoms with E-state index in [4.69, 9.17) is 33.8 Å². The Hall–Kier alpha value is -4.48. The maximum Gasteiger partial charge on any atom is 0.326 e. The molecule has 0 aliphatic heterocycles. The van der Waals surface area contributed by atoms with Crippen molar-refractivity contribution in [1.29, 1.82) is 0 Å². The second-order valence-corrected chi connectivity index (χ2v) is 8.18. The highest BCUT2D eigenvalue weighted by Crippen LogP contribution is 2.06. The SMILES string of the molecule is NC(=O)CCC(NC(=O)C(N)CC(=O)O)C(=O)NC(CCC(N)=O)C(=O)NC(CCCN=C(N)N)C(=O)O. The average Bonchev–Trinajstić information content (AvgIpc) is 2.79. The van der Waals surface area contributed by atoms with Gasteiger partial charge in [-0.05, 0) is 25.7 Å². The van der Waals surface area contributed by atoms with Crippen LogP contribution in [0.5, 0.6) is 0 Å². The van der Waals surface area contributed by atoms with Gasteiger partial charge in [0.2, 0.25) is 29.5 Å². The molecule has 4 atom stereocenters. The van der Waals surface area contributed by atoms with Gasteiger partial charge in [-0.2, -0.15) is 0 Å². The number of primary amides is 2. The van der Waals surface area contributed by atoms with E-state index in [1.165, 1.54) is 0 Å². The quantitative estimate of drug-likeness (QED) is 0.0414. The van der Waals surface area contributed by atoms with Gasteiger partial charge in [0.1, 0.15) is 18.1 Å². The Balaban J connectivity index is 5.63. The molecule has 0 aromatic carbocycles. The fourth-order valence-electron chi connectivity index (χ4n) is 2.98. The summed E-state index contributed by atoms with van der Waals surface area (Å²) in [5, 5.41) is 24.9. The summed E-state index contributed by atoms with van der Waals surface area (Å²) in [6.07, 6.45) is -2.05. The Kier molecular flexibility index (Phi) is 15.0. The molecule has 0 bridgehead atoms. The van der Waals surface area contributed by atoms with Crippen LogP contribution in [0.15, 0.2) is 4.99 Å². The summed E-state index contributed by atoms with van der Waals surface area (Å²) >= 11 is 0. The number of carboxylic acids is 2. The van der Waals surface area contributed by atoms with Crippen molar-refractivity contribution in [3.8, 4) is 0 Å². The molecular formula is C20H35N9O9. The maximum atomic E-state index is 12.9. The van der Waals surface area contributed by atoms with Gasteiger partial charge in [0.25, 0.3) is 0 Å². The lowest BCUT2D eigenvalue weighted by atomic mass is 10.1. The third-order valence-electron chi connectivity index (χ3n) is 4.92. The number of nitrogens with zero attached hydrogens (tertiary/aromatic N) is 1. The number of nitrogens with two attached hydrogens (primary N) is 5. The van der Waals surface area contributed by atoms with E-state index >= 15 is 0 Å². The summed E-state index contributed by atoms with van der Waals surface area (Å²) in [6, 6.07) is -5.88. The highest BCUT2D eigenvalue weighted by atomic mass is 16.4. The Morgan fingerprint density at radius 3 is 1.53 bits per heavy atom. The molecule has 0 rings (SSSR count). The molecule has 0 spiro atoms. The molecule has 38 heavy (non-hydrogen) atoms. The first kappa shape index (κ1) is 33.5. The molecule has 18 heteroatoms. The van der Waals surface area contributed by atoms with Gasteiger partial charge in [0.15, 0.2) is 5.96 Å². The van der Waals surface area contributed by atoms with Gasteiger partial charge in [-0.1, -0.05) is 0 Å². The van der Waals surface area contributed by atoms with E-state index in [1.54, 1.807) is 0 Å². The molecule has 0 fully saturated rings. The summed E-state index contributed by atoms with van der Waals surface area (Å²) < 4.78 is 0. The lowest BCUT2D eigenvalue weighted by molar-refractivity contribution is -0.142. The Labute approximate surface area is 217 Å². The predicted octanol–water partition coefficient (Wildman–Crippen LogP) is -5.09. The highest BCUT2D eigenvalue weighted by Gasteiger charge is 2.31. The number of aliphatic carboxylic acids is 2. The lowest BCUT2D eigenvalue weighted by Crippen LogP contribution is -2.57. The molecule has 0 aromatic rings. The number of nitrogens with one attached hydrogen (secondary N) is 3. The summed E-state index contributed by atoms with van der Waals surface area (Å²) in [7, 11) is 0. The van der Waals surface area contributed by atoms with Crippen molar-refractivity contribution < 1.29 is 43.8 Å². The van der Waals surface area contributed by atoms with Crippen molar-refractivity contribution in [2.24, 2.45) is 33.7 Å². The molecule has 0 heterocycles. The second kappa shape index (κ2) is 17.1. The van der Waals surface area contributed by atoms with Gasteiger partial charge in [-0.15, -0.1) is 0 Å². The first-order valence-corrected chi connectivity index (χ1v) is 11.4. The van der Waals surface area contributed by atoms with Crippen molar-refractivity contribution in [2.45, 2.75) is 69.1 Å². The minimum Gasteiger partial charge on any atom is -0.481 e. The Morgan fingerprint density at radius 1 is 0.684 bits per heavy atom. The van der Waals surface area contributed by atoms with Crippen molar-refractivity contribution >= 4 is 47.4 Å². The first-order chi connectivity index (χ1) is 17.6. The van der Waals surface area contributed by atoms with Crippen LogP contribution in [0.2, 0.25) is 0 Å². The number of amides is 5. The van der Waals surface area contributed by atoms with E-state index in [0.717, 1.165) is 0 Å². The molecule has 0 saturated carbocycles. The molecular weight excluding hydrogens is 510 g/mol. The number of carboxylic acid groups (broad SMARTS) is 2. The van der Waals surface area contributed by atoms with Crippen molar-refractivity contribution in [3.05, 3.63) is 0 Å². The number of carbonyl (C=O) groups excluding carboxylic acids is 5. The standard InChI is InChI=1S/C20H35N9O9/c21-9(8-15(32)33)16(34)27-10(3-5-13(22)30)17(35)28-11(4-6-14(23)31)18(36)29-12(19(37)38)2-1-7-26-20(24)25/h9-12H,1-8,21H2,(H2,22,30)(H2,23,31)(H,27,34)(H,28,35)(H,29,36)(H,32,33)(H,37,38)(H4,24,25,26). The van der Waals surface area contributed by atoms with Crippen LogP contribution in [0.1, 0.15) is 44.9 Å². The largest absolute Gasteiger partial charge is 0.481 e. The first-order valence-electron chi connectivity index (χ1n) is 11.4. The zero-order chi connectivity index (χ0) is 29.4. The number of hydrogen-bond acceptors (Lipinski definition) is 9. The minimum absolute atomic E-state index is 0.0763. The highest BCUT2D eigenvalue weighted by molar-refractivity contribution is 5.95. The molecule has 0 aliphatic carbocycles. The fraction of sp³-hybridized carbons (Fsp3) is 0.600. The third kappa shape index (κ3) is 14.8. The smallest absolute Gasteiger partial charge is 0.326 e. The van der Waals surface area contributed by atoms with Crippen molar-refractivity contribution in [2.75, 3.05) is 6.54 Å². The summed E-state index contributed by atoms with van der Waals surface area (Å²) in [4.78, 5) is 86.6. The lowest BCUT2D eigenvalue weighted by Gasteiger charge is -2.25. The number of rotatable bonds is 19. The van der Waals surface area contributed by atoms with Crippen LogP contribution in [0, 0.1) is 0 Å². The fourth-order valence-corrected chi connectivity index (χ4v) is 2.98. The van der Waals surface area contributed by atoms with E-state index in [-0.39, 0.29) is 51.0 Å². The van der Waals surface area contributed by atoms with Gasteiger partial charge in [0, 0.05) is 19.4 Å². The second-order valence-electron chi connectivity index (χ2n) is 8.18. The van der Waals surface area contributed by atoms with E-state index in [1.807, 2.05) is 0 Å². The molecule has 0 saturated heterocycles. The van der Waals surface area contributed by atoms with E-state index in [9.17, 15) is 38.7 Å². The molecule has 18 nitrogen and oxygen atoms in total. The third-order valence-corrected chi connectivity index (χ3v) is 4.92. The average molecular weight is 546 g/mol. The minimum atomic E-state index is -1.53. The summed E-state index contributed by atoms with van der Waals surface area (Å²) in [5.74, 6) is -7.61. The topological polar surface area (TPSA) is 338 Å². The van der Waals surface area contributed by atoms with Crippen LogP contribution < -0.4 is 44.6 Å². The number of aliphatic imine (C=N–C) groups is 1. The number of carbonyl (C=O) groups is 7. The molecule has 0 aromatic heterocycles. The Morgan fingerprint density at radius 2 is 1.13 bits per heavy atom. The predicted molar refractivity (Wildman–Crippen MR) is 130 cm³/mol. The number of guanidine groups is 1. The van der Waals surface area contributed by atoms with Gasteiger partial charge in [-0.25, -0.2) is 4.79 Å². The Bertz CT molecular complexity index is 922. The molecule has 0 aliphatic rings. The monoisotopic (exact) mass is 545 g/mol. The van der Waals surface area contributed by atoms with Crippen molar-refractivity contribution in [3.63, 3.8) is 0 Å². The van der Waals surface area contributed by atoms with Gasteiger partial charge in [0.05, 0.1) is 12.5 Å². The van der Waals surface area contributed by atoms with Crippen LogP contribution >= 0.6 is 0 Å². The molecule has 5 amide bonds. The van der Waals surface area contributed by atoms with E-state index in [0.29, 0.717) is 0 Å².